The fraction of sp³-hybridized carbons (Fsp3) is 0.400. The fourth-order valence-electron chi connectivity index (χ4n) is 3.49. The second-order valence-electron chi connectivity index (χ2n) is 7.15. The molecule has 0 bridgehead atoms. The number of aliphatic hydroxyl groups is 1. The van der Waals surface area contributed by atoms with Crippen LogP contribution in [-0.4, -0.2) is 27.5 Å². The summed E-state index contributed by atoms with van der Waals surface area (Å²) >= 11 is 12.3. The topological polar surface area (TPSA) is 62.2 Å². The van der Waals surface area contributed by atoms with Crippen LogP contribution in [0, 0.1) is 0 Å². The molecule has 1 amide bonds. The summed E-state index contributed by atoms with van der Waals surface area (Å²) in [5.41, 5.74) is -1.39. The maximum absolute atomic E-state index is 13.7. The lowest BCUT2D eigenvalue weighted by atomic mass is 9.75. The van der Waals surface area contributed by atoms with Crippen LogP contribution in [0.4, 0.5) is 13.2 Å². The highest BCUT2D eigenvalue weighted by Crippen LogP contribution is 2.45. The van der Waals surface area contributed by atoms with E-state index in [0.29, 0.717) is 5.56 Å². The first kappa shape index (κ1) is 21.9. The van der Waals surface area contributed by atoms with E-state index in [2.05, 4.69) is 10.3 Å². The highest BCUT2D eigenvalue weighted by Gasteiger charge is 2.48. The molecule has 1 unspecified atom stereocenters. The van der Waals surface area contributed by atoms with Gasteiger partial charge in [0.05, 0.1) is 16.7 Å². The number of alkyl halides is 3. The molecule has 29 heavy (non-hydrogen) atoms. The number of aromatic nitrogens is 1. The van der Waals surface area contributed by atoms with E-state index in [4.69, 9.17) is 23.2 Å². The van der Waals surface area contributed by atoms with Crippen LogP contribution in [0.5, 0.6) is 0 Å². The molecule has 3 rings (SSSR count). The van der Waals surface area contributed by atoms with Crippen LogP contribution in [0.1, 0.15) is 53.3 Å². The van der Waals surface area contributed by atoms with Crippen molar-refractivity contribution in [2.45, 2.75) is 49.9 Å². The van der Waals surface area contributed by atoms with Gasteiger partial charge in [0.2, 0.25) is 5.92 Å². The second-order valence-corrected chi connectivity index (χ2v) is 7.94. The van der Waals surface area contributed by atoms with Crippen molar-refractivity contribution >= 4 is 29.1 Å². The van der Waals surface area contributed by atoms with Crippen LogP contribution in [-0.2, 0) is 6.67 Å². The van der Waals surface area contributed by atoms with Crippen LogP contribution in [0.2, 0.25) is 10.0 Å². The summed E-state index contributed by atoms with van der Waals surface area (Å²) in [5.74, 6) is -3.64. The molecule has 0 saturated heterocycles. The van der Waals surface area contributed by atoms with Crippen molar-refractivity contribution in [3.8, 4) is 0 Å². The van der Waals surface area contributed by atoms with Crippen molar-refractivity contribution in [3.05, 3.63) is 63.4 Å². The Kier molecular flexibility index (Phi) is 6.41. The number of carbonyl (C=O) groups excluding carboxylic acids is 1. The minimum absolute atomic E-state index is 0.0946. The Bertz CT molecular complexity index is 901. The minimum atomic E-state index is -2.87. The van der Waals surface area contributed by atoms with E-state index in [1.54, 1.807) is 24.3 Å². The normalized spacial score (nSPS) is 18.8. The number of halogens is 5. The first-order valence-electron chi connectivity index (χ1n) is 9.02. The third kappa shape index (κ3) is 4.68. The molecule has 9 heteroatoms. The third-order valence-corrected chi connectivity index (χ3v) is 5.97. The average molecular weight is 447 g/mol. The molecular formula is C20H19Cl2F3N2O2. The molecule has 1 heterocycles. The Labute approximate surface area is 176 Å². The van der Waals surface area contributed by atoms with Gasteiger partial charge in [-0.3, -0.25) is 4.79 Å². The number of carbonyl (C=O) groups is 1. The summed E-state index contributed by atoms with van der Waals surface area (Å²) in [7, 11) is 0. The van der Waals surface area contributed by atoms with Gasteiger partial charge in [0.1, 0.15) is 12.4 Å². The predicted molar refractivity (Wildman–Crippen MR) is 104 cm³/mol. The highest BCUT2D eigenvalue weighted by molar-refractivity contribution is 6.34. The molecule has 1 aliphatic carbocycles. The lowest BCUT2D eigenvalue weighted by Gasteiger charge is -2.42. The fourth-order valence-corrected chi connectivity index (χ4v) is 3.99. The first-order chi connectivity index (χ1) is 13.7. The maximum Gasteiger partial charge on any atom is 0.272 e. The predicted octanol–water partition coefficient (Wildman–Crippen LogP) is 5.27. The van der Waals surface area contributed by atoms with E-state index in [9.17, 15) is 23.1 Å². The number of amides is 1. The SMILES string of the molecule is O=C(NC(c1ccccc1Cl)C1(O)CCC(F)(F)CC1)c1nccc(CF)c1Cl. The van der Waals surface area contributed by atoms with Gasteiger partial charge < -0.3 is 10.4 Å². The van der Waals surface area contributed by atoms with E-state index >= 15 is 0 Å². The standard InChI is InChI=1S/C20H19Cl2F3N2O2/c21-14-4-2-1-3-13(14)17(19(29)6-8-20(24,25)9-7-19)27-18(28)16-15(22)12(11-23)5-10-26-16/h1-5,10,17,29H,6-9,11H2,(H,27,28). The molecule has 4 nitrogen and oxygen atoms in total. The molecule has 0 spiro atoms. The quantitative estimate of drug-likeness (QED) is 0.657. The van der Waals surface area contributed by atoms with Crippen molar-refractivity contribution in [1.29, 1.82) is 0 Å². The zero-order chi connectivity index (χ0) is 21.2. The molecule has 1 atom stereocenters. The van der Waals surface area contributed by atoms with Gasteiger partial charge in [-0.1, -0.05) is 41.4 Å². The summed E-state index contributed by atoms with van der Waals surface area (Å²) in [6, 6.07) is 6.79. The van der Waals surface area contributed by atoms with Crippen molar-refractivity contribution in [2.75, 3.05) is 0 Å². The second kappa shape index (κ2) is 8.50. The lowest BCUT2D eigenvalue weighted by Crippen LogP contribution is -2.50. The third-order valence-electron chi connectivity index (χ3n) is 5.20. The molecule has 0 aliphatic heterocycles. The highest BCUT2D eigenvalue weighted by atomic mass is 35.5. The molecule has 2 aromatic rings. The van der Waals surface area contributed by atoms with E-state index in [1.165, 1.54) is 12.3 Å². The molecule has 1 saturated carbocycles. The van der Waals surface area contributed by atoms with Gasteiger partial charge in [0, 0.05) is 29.6 Å². The number of nitrogens with one attached hydrogen (secondary N) is 1. The Morgan fingerprint density at radius 3 is 2.45 bits per heavy atom. The summed E-state index contributed by atoms with van der Waals surface area (Å²) in [4.78, 5) is 16.8. The summed E-state index contributed by atoms with van der Waals surface area (Å²) < 4.78 is 40.4. The zero-order valence-electron chi connectivity index (χ0n) is 15.3. The Morgan fingerprint density at radius 1 is 1.17 bits per heavy atom. The molecule has 156 valence electrons. The van der Waals surface area contributed by atoms with Crippen LogP contribution >= 0.6 is 23.2 Å². The van der Waals surface area contributed by atoms with Gasteiger partial charge in [-0.15, -0.1) is 0 Å². The summed E-state index contributed by atoms with van der Waals surface area (Å²) in [6.45, 7) is -0.880. The lowest BCUT2D eigenvalue weighted by molar-refractivity contribution is -0.116. The van der Waals surface area contributed by atoms with Crippen LogP contribution in [0.15, 0.2) is 36.5 Å². The number of nitrogens with zero attached hydrogens (tertiary/aromatic N) is 1. The van der Waals surface area contributed by atoms with Crippen molar-refractivity contribution < 1.29 is 23.1 Å². The Hall–Kier alpha value is -1.83. The molecule has 0 radical (unpaired) electrons. The van der Waals surface area contributed by atoms with Crippen molar-refractivity contribution in [1.82, 2.24) is 10.3 Å². The summed E-state index contributed by atoms with van der Waals surface area (Å²) in [5, 5.41) is 13.9. The Morgan fingerprint density at radius 2 is 1.83 bits per heavy atom. The largest absolute Gasteiger partial charge is 0.387 e. The molecule has 2 N–H and O–H groups in total. The van der Waals surface area contributed by atoms with E-state index in [-0.39, 0.29) is 34.1 Å². The maximum atomic E-state index is 13.7. The molecule has 1 aromatic carbocycles. The Balaban J connectivity index is 1.97. The van der Waals surface area contributed by atoms with Crippen LogP contribution in [0.3, 0.4) is 0 Å². The van der Waals surface area contributed by atoms with Gasteiger partial charge in [-0.2, -0.15) is 0 Å². The minimum Gasteiger partial charge on any atom is -0.387 e. The number of benzene rings is 1. The monoisotopic (exact) mass is 446 g/mol. The van der Waals surface area contributed by atoms with Crippen molar-refractivity contribution in [2.24, 2.45) is 0 Å². The first-order valence-corrected chi connectivity index (χ1v) is 9.77. The smallest absolute Gasteiger partial charge is 0.272 e. The van der Waals surface area contributed by atoms with Gasteiger partial charge in [-0.25, -0.2) is 18.2 Å². The zero-order valence-corrected chi connectivity index (χ0v) is 16.8. The van der Waals surface area contributed by atoms with Crippen LogP contribution < -0.4 is 5.32 Å². The van der Waals surface area contributed by atoms with E-state index in [0.717, 1.165) is 0 Å². The molecule has 1 aromatic heterocycles. The number of hydrogen-bond acceptors (Lipinski definition) is 3. The molecular weight excluding hydrogens is 428 g/mol. The van der Waals surface area contributed by atoms with Gasteiger partial charge in [0.15, 0.2) is 0 Å². The van der Waals surface area contributed by atoms with E-state index in [1.807, 2.05) is 0 Å². The number of pyridine rings is 1. The molecule has 1 aliphatic rings. The van der Waals surface area contributed by atoms with Crippen molar-refractivity contribution in [3.63, 3.8) is 0 Å². The van der Waals surface area contributed by atoms with Gasteiger partial charge >= 0.3 is 0 Å². The van der Waals surface area contributed by atoms with E-state index < -0.39 is 43.0 Å². The number of hydrogen-bond donors (Lipinski definition) is 2. The summed E-state index contributed by atoms with van der Waals surface area (Å²) in [6.07, 6.45) is -0.257. The van der Waals surface area contributed by atoms with Crippen LogP contribution in [0.25, 0.3) is 0 Å². The average Bonchev–Trinajstić information content (AvgIpc) is 2.69. The van der Waals surface area contributed by atoms with Gasteiger partial charge in [0.25, 0.3) is 5.91 Å². The number of rotatable bonds is 5. The molecule has 1 fully saturated rings. The van der Waals surface area contributed by atoms with Gasteiger partial charge in [-0.05, 0) is 30.5 Å².